The summed E-state index contributed by atoms with van der Waals surface area (Å²) in [7, 11) is 0. The molecule has 0 aliphatic carbocycles. The zero-order valence-corrected chi connectivity index (χ0v) is 15.9. The van der Waals surface area contributed by atoms with E-state index < -0.39 is 29.7 Å². The van der Waals surface area contributed by atoms with E-state index in [1.165, 1.54) is 13.0 Å². The molecule has 0 saturated carbocycles. The smallest absolute Gasteiger partial charge is 0.302 e. The molecule has 1 saturated heterocycles. The number of piperidine rings is 1. The molecule has 2 aliphatic heterocycles. The summed E-state index contributed by atoms with van der Waals surface area (Å²) in [6, 6.07) is 3.83. The van der Waals surface area contributed by atoms with Crippen LogP contribution < -0.4 is 10.6 Å². The lowest BCUT2D eigenvalue weighted by Crippen LogP contribution is -2.54. The van der Waals surface area contributed by atoms with Gasteiger partial charge in [0.15, 0.2) is 0 Å². The van der Waals surface area contributed by atoms with Crippen LogP contribution in [-0.2, 0) is 23.9 Å². The predicted octanol–water partition coefficient (Wildman–Crippen LogP) is 0.0794. The van der Waals surface area contributed by atoms with Crippen LogP contribution in [0.3, 0.4) is 0 Å². The average Bonchev–Trinajstić information content (AvgIpc) is 2.92. The Morgan fingerprint density at radius 2 is 1.97 bits per heavy atom. The van der Waals surface area contributed by atoms with E-state index in [0.29, 0.717) is 18.8 Å². The second-order valence-corrected chi connectivity index (χ2v) is 6.55. The Labute approximate surface area is 166 Å². The van der Waals surface area contributed by atoms with Gasteiger partial charge in [0.05, 0.1) is 24.3 Å². The number of carbonyl (C=O) groups is 5. The highest BCUT2D eigenvalue weighted by atomic mass is 16.6. The summed E-state index contributed by atoms with van der Waals surface area (Å²) in [5.74, 6) is -2.57. The second kappa shape index (κ2) is 8.82. The minimum Gasteiger partial charge on any atom is -0.463 e. The molecule has 4 amide bonds. The first-order valence-electron chi connectivity index (χ1n) is 9.19. The molecule has 2 N–H and O–H groups in total. The summed E-state index contributed by atoms with van der Waals surface area (Å²) in [6.07, 6.45) is 0.175. The lowest BCUT2D eigenvalue weighted by Gasteiger charge is -2.27. The van der Waals surface area contributed by atoms with Crippen molar-refractivity contribution in [2.45, 2.75) is 25.8 Å². The van der Waals surface area contributed by atoms with Crippen molar-refractivity contribution in [2.75, 3.05) is 31.7 Å². The highest BCUT2D eigenvalue weighted by molar-refractivity contribution is 6.25. The number of hydrogen-bond acceptors (Lipinski definition) is 8. The van der Waals surface area contributed by atoms with Crippen LogP contribution >= 0.6 is 0 Å². The summed E-state index contributed by atoms with van der Waals surface area (Å²) in [5, 5.41) is 5.22. The van der Waals surface area contributed by atoms with Gasteiger partial charge in [-0.25, -0.2) is 0 Å². The minimum atomic E-state index is -1.00. The molecule has 1 unspecified atom stereocenters. The van der Waals surface area contributed by atoms with Gasteiger partial charge in [-0.2, -0.15) is 0 Å². The molecule has 0 spiro atoms. The van der Waals surface area contributed by atoms with E-state index in [0.717, 1.165) is 4.90 Å². The van der Waals surface area contributed by atoms with Crippen LogP contribution in [-0.4, -0.2) is 66.9 Å². The summed E-state index contributed by atoms with van der Waals surface area (Å²) < 4.78 is 10.1. The Morgan fingerprint density at radius 3 is 2.69 bits per heavy atom. The Kier molecular flexibility index (Phi) is 6.23. The second-order valence-electron chi connectivity index (χ2n) is 6.55. The van der Waals surface area contributed by atoms with E-state index in [9.17, 15) is 24.0 Å². The molecule has 1 atom stereocenters. The quantitative estimate of drug-likeness (QED) is 0.354. The molecule has 0 bridgehead atoms. The van der Waals surface area contributed by atoms with Gasteiger partial charge >= 0.3 is 5.97 Å². The van der Waals surface area contributed by atoms with E-state index in [2.05, 4.69) is 10.6 Å². The van der Waals surface area contributed by atoms with E-state index in [1.807, 2.05) is 0 Å². The fourth-order valence-electron chi connectivity index (χ4n) is 3.27. The Hall–Kier alpha value is -3.27. The number of hydrogen-bond donors (Lipinski definition) is 2. The van der Waals surface area contributed by atoms with Gasteiger partial charge in [0.1, 0.15) is 12.6 Å². The largest absolute Gasteiger partial charge is 0.463 e. The van der Waals surface area contributed by atoms with E-state index in [4.69, 9.17) is 9.47 Å². The van der Waals surface area contributed by atoms with E-state index in [1.54, 1.807) is 12.1 Å². The third-order valence-corrected chi connectivity index (χ3v) is 4.56. The molecule has 1 aromatic carbocycles. The van der Waals surface area contributed by atoms with Gasteiger partial charge in [-0.05, 0) is 18.6 Å². The van der Waals surface area contributed by atoms with E-state index in [-0.39, 0.29) is 43.2 Å². The average molecular weight is 403 g/mol. The fourth-order valence-corrected chi connectivity index (χ4v) is 3.27. The first-order valence-corrected chi connectivity index (χ1v) is 9.19. The first-order chi connectivity index (χ1) is 13.9. The van der Waals surface area contributed by atoms with Crippen molar-refractivity contribution >= 4 is 35.3 Å². The van der Waals surface area contributed by atoms with Gasteiger partial charge in [-0.3, -0.25) is 34.2 Å². The molecular formula is C19H21N3O7. The molecule has 3 rings (SSSR count). The lowest BCUT2D eigenvalue weighted by atomic mass is 10.0. The number of nitrogens with one attached hydrogen (secondary N) is 2. The number of benzene rings is 1. The van der Waals surface area contributed by atoms with Crippen molar-refractivity contribution in [3.05, 3.63) is 29.3 Å². The maximum Gasteiger partial charge on any atom is 0.302 e. The molecule has 10 nitrogen and oxygen atoms in total. The number of imide groups is 2. The molecule has 10 heteroatoms. The standard InChI is InChI=1S/C19H21N3O7/c1-11(23)29-10-9-28-8-7-20-13-4-2-3-12-16(13)19(27)22(18(12)26)14-5-6-15(24)21-17(14)25/h2-4,14,20H,5-10H2,1H3,(H,21,24,25). The van der Waals surface area contributed by atoms with Gasteiger partial charge in [-0.1, -0.05) is 6.07 Å². The van der Waals surface area contributed by atoms with Crippen LogP contribution in [0, 0.1) is 0 Å². The number of nitrogens with zero attached hydrogens (tertiary/aromatic N) is 1. The minimum absolute atomic E-state index is 0.0690. The maximum atomic E-state index is 12.9. The first kappa shape index (κ1) is 20.5. The number of esters is 1. The monoisotopic (exact) mass is 403 g/mol. The van der Waals surface area contributed by atoms with Gasteiger partial charge in [-0.15, -0.1) is 0 Å². The molecule has 1 aromatic rings. The van der Waals surface area contributed by atoms with Gasteiger partial charge in [0.2, 0.25) is 11.8 Å². The molecule has 2 heterocycles. The molecule has 1 fully saturated rings. The van der Waals surface area contributed by atoms with Crippen molar-refractivity contribution in [2.24, 2.45) is 0 Å². The van der Waals surface area contributed by atoms with Crippen LogP contribution in [0.4, 0.5) is 5.69 Å². The van der Waals surface area contributed by atoms with Gasteiger partial charge in [0, 0.05) is 25.6 Å². The van der Waals surface area contributed by atoms with Crippen LogP contribution in [0.15, 0.2) is 18.2 Å². The van der Waals surface area contributed by atoms with Crippen molar-refractivity contribution in [1.29, 1.82) is 0 Å². The predicted molar refractivity (Wildman–Crippen MR) is 99.1 cm³/mol. The van der Waals surface area contributed by atoms with Gasteiger partial charge in [0.25, 0.3) is 11.8 Å². The number of rotatable bonds is 8. The fraction of sp³-hybridized carbons (Fsp3) is 0.421. The highest BCUT2D eigenvalue weighted by Gasteiger charge is 2.45. The topological polar surface area (TPSA) is 131 Å². The molecule has 0 radical (unpaired) electrons. The van der Waals surface area contributed by atoms with E-state index >= 15 is 0 Å². The molecular weight excluding hydrogens is 382 g/mol. The number of carbonyl (C=O) groups excluding carboxylic acids is 5. The zero-order chi connectivity index (χ0) is 21.0. The number of amides is 4. The zero-order valence-electron chi connectivity index (χ0n) is 15.9. The van der Waals surface area contributed by atoms with Crippen LogP contribution in [0.5, 0.6) is 0 Å². The number of anilines is 1. The maximum absolute atomic E-state index is 12.9. The molecule has 29 heavy (non-hydrogen) atoms. The third-order valence-electron chi connectivity index (χ3n) is 4.56. The normalized spacial score (nSPS) is 18.5. The summed E-state index contributed by atoms with van der Waals surface area (Å²) in [4.78, 5) is 60.7. The lowest BCUT2D eigenvalue weighted by molar-refractivity contribution is -0.142. The van der Waals surface area contributed by atoms with Crippen molar-refractivity contribution < 1.29 is 33.4 Å². The van der Waals surface area contributed by atoms with Crippen LogP contribution in [0.1, 0.15) is 40.5 Å². The summed E-state index contributed by atoms with van der Waals surface area (Å²) in [5.41, 5.74) is 0.863. The SMILES string of the molecule is CC(=O)OCCOCCNc1cccc2c1C(=O)N(C1CCC(=O)NC1=O)C2=O. The Morgan fingerprint density at radius 1 is 1.17 bits per heavy atom. The number of fused-ring (bicyclic) bond motifs is 1. The number of ether oxygens (including phenoxy) is 2. The van der Waals surface area contributed by atoms with Gasteiger partial charge < -0.3 is 14.8 Å². The highest BCUT2D eigenvalue weighted by Crippen LogP contribution is 2.32. The van der Waals surface area contributed by atoms with Crippen molar-refractivity contribution in [1.82, 2.24) is 10.2 Å². The summed E-state index contributed by atoms with van der Waals surface area (Å²) in [6.45, 7) is 2.37. The Balaban J connectivity index is 1.63. The molecule has 2 aliphatic rings. The molecule has 154 valence electrons. The van der Waals surface area contributed by atoms with Crippen molar-refractivity contribution in [3.63, 3.8) is 0 Å². The summed E-state index contributed by atoms with van der Waals surface area (Å²) >= 11 is 0. The van der Waals surface area contributed by atoms with Crippen LogP contribution in [0.2, 0.25) is 0 Å². The van der Waals surface area contributed by atoms with Crippen molar-refractivity contribution in [3.8, 4) is 0 Å². The Bertz CT molecular complexity index is 867. The van der Waals surface area contributed by atoms with Crippen LogP contribution in [0.25, 0.3) is 0 Å². The molecule has 0 aromatic heterocycles. The third kappa shape index (κ3) is 4.43.